The molecule has 1 amide bonds. The molecule has 32 heavy (non-hydrogen) atoms. The van der Waals surface area contributed by atoms with Crippen LogP contribution in [0, 0.1) is 5.92 Å². The van der Waals surface area contributed by atoms with Crippen molar-refractivity contribution in [2.75, 3.05) is 6.54 Å². The van der Waals surface area contributed by atoms with Gasteiger partial charge in [-0.15, -0.1) is 6.58 Å². The van der Waals surface area contributed by atoms with Crippen LogP contribution in [-0.4, -0.2) is 35.3 Å². The molecule has 3 aromatic rings. The molecule has 1 aliphatic carbocycles. The number of allylic oxidation sites excluding steroid dienone is 1. The van der Waals surface area contributed by atoms with E-state index in [1.165, 1.54) is 0 Å². The third-order valence-corrected chi connectivity index (χ3v) is 7.12. The first-order chi connectivity index (χ1) is 15.5. The molecule has 4 rings (SSSR count). The van der Waals surface area contributed by atoms with E-state index in [0.29, 0.717) is 42.4 Å². The first kappa shape index (κ1) is 22.0. The molecule has 1 aliphatic rings. The standard InChI is InChI=1S/C25H27N3O3S/c1-2-15-28-23(16-26-25(28)32(30,31)19-21-9-5-3-6-10-21)18-27(17-20-13-14-20)24(29)22-11-7-4-8-12-22/h2-12,16,20H,1,13-15,17-19H2. The van der Waals surface area contributed by atoms with Crippen LogP contribution in [0.1, 0.15) is 34.5 Å². The fraction of sp³-hybridized carbons (Fsp3) is 0.280. The number of aromatic nitrogens is 2. The summed E-state index contributed by atoms with van der Waals surface area (Å²) in [4.78, 5) is 19.3. The summed E-state index contributed by atoms with van der Waals surface area (Å²) in [5, 5.41) is 0.00906. The summed E-state index contributed by atoms with van der Waals surface area (Å²) in [6.07, 6.45) is 5.44. The van der Waals surface area contributed by atoms with Crippen LogP contribution in [0.3, 0.4) is 0 Å². The topological polar surface area (TPSA) is 72.3 Å². The van der Waals surface area contributed by atoms with E-state index in [1.807, 2.05) is 36.4 Å². The van der Waals surface area contributed by atoms with Gasteiger partial charge in [0.1, 0.15) is 0 Å². The average molecular weight is 450 g/mol. The molecule has 1 heterocycles. The minimum absolute atomic E-state index is 0.00906. The number of sulfone groups is 1. The number of rotatable bonds is 10. The Bertz CT molecular complexity index is 1180. The fourth-order valence-electron chi connectivity index (χ4n) is 3.74. The number of carbonyl (C=O) groups excluding carboxylic acids is 1. The summed E-state index contributed by atoms with van der Waals surface area (Å²) in [7, 11) is -3.66. The van der Waals surface area contributed by atoms with Crippen molar-refractivity contribution in [3.63, 3.8) is 0 Å². The number of benzene rings is 2. The minimum atomic E-state index is -3.66. The normalized spacial score (nSPS) is 13.6. The molecule has 6 nitrogen and oxygen atoms in total. The minimum Gasteiger partial charge on any atom is -0.332 e. The van der Waals surface area contributed by atoms with Gasteiger partial charge < -0.3 is 9.47 Å². The molecule has 166 valence electrons. The van der Waals surface area contributed by atoms with E-state index < -0.39 is 9.84 Å². The van der Waals surface area contributed by atoms with Crippen molar-refractivity contribution in [1.82, 2.24) is 14.5 Å². The maximum atomic E-state index is 13.2. The highest BCUT2D eigenvalue weighted by molar-refractivity contribution is 7.90. The molecular weight excluding hydrogens is 422 g/mol. The molecule has 0 bridgehead atoms. The Morgan fingerprint density at radius 1 is 1.09 bits per heavy atom. The molecule has 0 saturated heterocycles. The summed E-state index contributed by atoms with van der Waals surface area (Å²) in [5.41, 5.74) is 2.01. The molecular formula is C25H27N3O3S. The second-order valence-corrected chi connectivity index (χ2v) is 10.1. The Labute approximate surface area is 189 Å². The van der Waals surface area contributed by atoms with E-state index in [4.69, 9.17) is 0 Å². The highest BCUT2D eigenvalue weighted by Crippen LogP contribution is 2.31. The van der Waals surface area contributed by atoms with Gasteiger partial charge in [-0.3, -0.25) is 4.79 Å². The maximum Gasteiger partial charge on any atom is 0.254 e. The van der Waals surface area contributed by atoms with Crippen LogP contribution < -0.4 is 0 Å². The van der Waals surface area contributed by atoms with E-state index in [1.54, 1.807) is 46.0 Å². The van der Waals surface area contributed by atoms with Crippen LogP contribution in [0.2, 0.25) is 0 Å². The number of imidazole rings is 1. The first-order valence-corrected chi connectivity index (χ1v) is 12.4. The Morgan fingerprint density at radius 3 is 2.38 bits per heavy atom. The quantitative estimate of drug-likeness (QED) is 0.437. The number of hydrogen-bond acceptors (Lipinski definition) is 4. The molecule has 0 atom stereocenters. The average Bonchev–Trinajstić information content (AvgIpc) is 3.53. The summed E-state index contributed by atoms with van der Waals surface area (Å²) in [5.74, 6) is 0.313. The Morgan fingerprint density at radius 2 is 1.75 bits per heavy atom. The second-order valence-electron chi connectivity index (χ2n) is 8.17. The highest BCUT2D eigenvalue weighted by atomic mass is 32.2. The summed E-state index contributed by atoms with van der Waals surface area (Å²) in [6, 6.07) is 18.2. The van der Waals surface area contributed by atoms with Crippen LogP contribution in [0.25, 0.3) is 0 Å². The van der Waals surface area contributed by atoms with Gasteiger partial charge in [0.15, 0.2) is 0 Å². The summed E-state index contributed by atoms with van der Waals surface area (Å²) < 4.78 is 27.9. The van der Waals surface area contributed by atoms with E-state index >= 15 is 0 Å². The highest BCUT2D eigenvalue weighted by Gasteiger charge is 2.29. The molecule has 0 aliphatic heterocycles. The number of hydrogen-bond donors (Lipinski definition) is 0. The van der Waals surface area contributed by atoms with Crippen LogP contribution in [0.5, 0.6) is 0 Å². The van der Waals surface area contributed by atoms with Crippen molar-refractivity contribution >= 4 is 15.7 Å². The number of nitrogens with zero attached hydrogens (tertiary/aromatic N) is 3. The lowest BCUT2D eigenvalue weighted by Crippen LogP contribution is -2.33. The Balaban J connectivity index is 1.63. The number of carbonyl (C=O) groups is 1. The molecule has 0 spiro atoms. The van der Waals surface area contributed by atoms with Crippen molar-refractivity contribution in [2.45, 2.75) is 36.8 Å². The molecule has 0 N–H and O–H groups in total. The second kappa shape index (κ2) is 9.53. The van der Waals surface area contributed by atoms with Gasteiger partial charge in [0, 0.05) is 18.7 Å². The monoisotopic (exact) mass is 449 g/mol. The lowest BCUT2D eigenvalue weighted by Gasteiger charge is -2.23. The zero-order chi connectivity index (χ0) is 22.6. The Kier molecular flexibility index (Phi) is 6.55. The zero-order valence-corrected chi connectivity index (χ0v) is 18.7. The molecule has 7 heteroatoms. The van der Waals surface area contributed by atoms with Gasteiger partial charge in [-0.25, -0.2) is 13.4 Å². The van der Waals surface area contributed by atoms with E-state index in [2.05, 4.69) is 11.6 Å². The first-order valence-electron chi connectivity index (χ1n) is 10.7. The Hall–Kier alpha value is -3.19. The molecule has 1 fully saturated rings. The van der Waals surface area contributed by atoms with Crippen molar-refractivity contribution in [1.29, 1.82) is 0 Å². The van der Waals surface area contributed by atoms with Crippen LogP contribution in [-0.2, 0) is 28.7 Å². The lowest BCUT2D eigenvalue weighted by atomic mass is 10.2. The van der Waals surface area contributed by atoms with Crippen molar-refractivity contribution < 1.29 is 13.2 Å². The van der Waals surface area contributed by atoms with Gasteiger partial charge in [-0.2, -0.15) is 0 Å². The van der Waals surface area contributed by atoms with Crippen molar-refractivity contribution in [2.24, 2.45) is 5.92 Å². The zero-order valence-electron chi connectivity index (χ0n) is 17.9. The van der Waals surface area contributed by atoms with E-state index in [-0.39, 0.29) is 16.8 Å². The predicted octanol–water partition coefficient (Wildman–Crippen LogP) is 4.10. The molecule has 0 radical (unpaired) electrons. The van der Waals surface area contributed by atoms with Crippen molar-refractivity contribution in [3.8, 4) is 0 Å². The fourth-order valence-corrected chi connectivity index (χ4v) is 5.24. The lowest BCUT2D eigenvalue weighted by molar-refractivity contribution is 0.0731. The number of amides is 1. The van der Waals surface area contributed by atoms with Crippen LogP contribution in [0.15, 0.2) is 84.7 Å². The molecule has 1 saturated carbocycles. The smallest absolute Gasteiger partial charge is 0.254 e. The van der Waals surface area contributed by atoms with Crippen LogP contribution >= 0.6 is 0 Å². The van der Waals surface area contributed by atoms with Gasteiger partial charge in [0.2, 0.25) is 15.0 Å². The predicted molar refractivity (Wildman–Crippen MR) is 124 cm³/mol. The van der Waals surface area contributed by atoms with Gasteiger partial charge >= 0.3 is 0 Å². The molecule has 1 aromatic heterocycles. The summed E-state index contributed by atoms with van der Waals surface area (Å²) in [6.45, 7) is 5.03. The molecule has 2 aromatic carbocycles. The third kappa shape index (κ3) is 5.16. The third-order valence-electron chi connectivity index (χ3n) is 5.53. The van der Waals surface area contributed by atoms with Gasteiger partial charge in [-0.1, -0.05) is 54.6 Å². The SMILES string of the molecule is C=CCn1c(CN(CC2CC2)C(=O)c2ccccc2)cnc1S(=O)(=O)Cc1ccccc1. The van der Waals surface area contributed by atoms with E-state index in [0.717, 1.165) is 12.8 Å². The largest absolute Gasteiger partial charge is 0.332 e. The summed E-state index contributed by atoms with van der Waals surface area (Å²) >= 11 is 0. The maximum absolute atomic E-state index is 13.2. The van der Waals surface area contributed by atoms with Gasteiger partial charge in [0.25, 0.3) is 5.91 Å². The van der Waals surface area contributed by atoms with Gasteiger partial charge in [-0.05, 0) is 36.5 Å². The van der Waals surface area contributed by atoms with Crippen LogP contribution in [0.4, 0.5) is 0 Å². The van der Waals surface area contributed by atoms with Crippen molar-refractivity contribution in [3.05, 3.63) is 96.3 Å². The van der Waals surface area contributed by atoms with Gasteiger partial charge in [0.05, 0.1) is 24.2 Å². The van der Waals surface area contributed by atoms with E-state index in [9.17, 15) is 13.2 Å². The molecule has 0 unspecified atom stereocenters.